The molecule has 7 nitrogen and oxygen atoms in total. The molecule has 0 radical (unpaired) electrons. The lowest BCUT2D eigenvalue weighted by Crippen LogP contribution is -2.16. The Bertz CT molecular complexity index is 1210. The fourth-order valence-electron chi connectivity index (χ4n) is 3.27. The van der Waals surface area contributed by atoms with Crippen molar-refractivity contribution in [3.63, 3.8) is 0 Å². The van der Waals surface area contributed by atoms with E-state index in [2.05, 4.69) is 10.0 Å². The molecular weight excluding hydrogens is 428 g/mol. The van der Waals surface area contributed by atoms with Gasteiger partial charge < -0.3 is 14.8 Å². The maximum Gasteiger partial charge on any atom is 0.261 e. The topological polar surface area (TPSA) is 93.7 Å². The van der Waals surface area contributed by atoms with E-state index in [4.69, 9.17) is 9.47 Å². The van der Waals surface area contributed by atoms with Crippen molar-refractivity contribution in [2.45, 2.75) is 24.7 Å². The van der Waals surface area contributed by atoms with Crippen LogP contribution in [0.2, 0.25) is 0 Å². The molecule has 8 heteroatoms. The highest BCUT2D eigenvalue weighted by molar-refractivity contribution is 7.92. The second-order valence-electron chi connectivity index (χ2n) is 7.52. The van der Waals surface area contributed by atoms with Gasteiger partial charge in [0, 0.05) is 23.9 Å². The number of ether oxygens (including phenoxy) is 2. The molecule has 1 heterocycles. The third-order valence-electron chi connectivity index (χ3n) is 5.00. The first kappa shape index (κ1) is 21.7. The molecule has 0 aliphatic carbocycles. The van der Waals surface area contributed by atoms with Gasteiger partial charge in [-0.15, -0.1) is 0 Å². The lowest BCUT2D eigenvalue weighted by molar-refractivity contribution is -0.116. The number of rotatable bonds is 7. The van der Waals surface area contributed by atoms with Gasteiger partial charge in [0.15, 0.2) is 11.5 Å². The van der Waals surface area contributed by atoms with Crippen LogP contribution in [0.5, 0.6) is 11.5 Å². The number of nitrogens with one attached hydrogen (secondary N) is 2. The Labute approximate surface area is 187 Å². The number of amides is 1. The summed E-state index contributed by atoms with van der Waals surface area (Å²) < 4.78 is 38.7. The lowest BCUT2D eigenvalue weighted by Gasteiger charge is -2.19. The third kappa shape index (κ3) is 5.39. The summed E-state index contributed by atoms with van der Waals surface area (Å²) in [7, 11) is -3.67. The van der Waals surface area contributed by atoms with Crippen molar-refractivity contribution in [3.05, 3.63) is 77.9 Å². The van der Waals surface area contributed by atoms with Gasteiger partial charge in [-0.3, -0.25) is 9.52 Å². The Morgan fingerprint density at radius 2 is 1.53 bits per heavy atom. The molecule has 0 bridgehead atoms. The first-order valence-corrected chi connectivity index (χ1v) is 11.8. The first-order chi connectivity index (χ1) is 15.4. The Kier molecular flexibility index (Phi) is 6.32. The van der Waals surface area contributed by atoms with Gasteiger partial charge in [-0.1, -0.05) is 29.8 Å². The third-order valence-corrected chi connectivity index (χ3v) is 6.40. The average Bonchev–Trinajstić information content (AvgIpc) is 2.79. The van der Waals surface area contributed by atoms with Crippen molar-refractivity contribution in [2.75, 3.05) is 23.3 Å². The second kappa shape index (κ2) is 9.32. The predicted octanol–water partition coefficient (Wildman–Crippen LogP) is 4.14. The van der Waals surface area contributed by atoms with Crippen LogP contribution in [0, 0.1) is 6.92 Å². The minimum atomic E-state index is -3.67. The number of benzene rings is 3. The van der Waals surface area contributed by atoms with Crippen LogP contribution >= 0.6 is 0 Å². The molecule has 3 aromatic carbocycles. The van der Waals surface area contributed by atoms with E-state index in [1.54, 1.807) is 54.6 Å². The van der Waals surface area contributed by atoms with Gasteiger partial charge in [0.1, 0.15) is 13.2 Å². The van der Waals surface area contributed by atoms with Gasteiger partial charge in [0.2, 0.25) is 5.91 Å². The molecule has 1 aliphatic heterocycles. The van der Waals surface area contributed by atoms with Crippen molar-refractivity contribution in [2.24, 2.45) is 0 Å². The molecule has 0 saturated carbocycles. The van der Waals surface area contributed by atoms with E-state index in [0.717, 1.165) is 11.1 Å². The molecular formula is C24H24N2O5S. The molecule has 1 aliphatic rings. The summed E-state index contributed by atoms with van der Waals surface area (Å²) in [4.78, 5) is 12.5. The molecule has 166 valence electrons. The average molecular weight is 453 g/mol. The largest absolute Gasteiger partial charge is 0.486 e. The number of hydrogen-bond donors (Lipinski definition) is 2. The highest BCUT2D eigenvalue weighted by atomic mass is 32.2. The Hall–Kier alpha value is -3.52. The van der Waals surface area contributed by atoms with Crippen LogP contribution in [-0.2, 0) is 21.2 Å². The summed E-state index contributed by atoms with van der Waals surface area (Å²) in [6.07, 6.45) is 0.754. The van der Waals surface area contributed by atoms with Crippen LogP contribution in [0.4, 0.5) is 11.4 Å². The van der Waals surface area contributed by atoms with Gasteiger partial charge in [-0.2, -0.15) is 0 Å². The van der Waals surface area contributed by atoms with Crippen LogP contribution < -0.4 is 19.5 Å². The van der Waals surface area contributed by atoms with Gasteiger partial charge >= 0.3 is 0 Å². The van der Waals surface area contributed by atoms with Crippen molar-refractivity contribution in [1.82, 2.24) is 0 Å². The Balaban J connectivity index is 1.32. The van der Waals surface area contributed by atoms with Crippen LogP contribution in [0.15, 0.2) is 71.6 Å². The molecule has 0 unspecified atom stereocenters. The molecule has 0 fully saturated rings. The van der Waals surface area contributed by atoms with Crippen LogP contribution in [0.1, 0.15) is 17.5 Å². The van der Waals surface area contributed by atoms with Gasteiger partial charge in [-0.05, 0) is 55.3 Å². The fraction of sp³-hybridized carbons (Fsp3) is 0.208. The summed E-state index contributed by atoms with van der Waals surface area (Å²) >= 11 is 0. The summed E-state index contributed by atoms with van der Waals surface area (Å²) in [5, 5.41) is 2.85. The number of carbonyl (C=O) groups excluding carboxylic acids is 1. The Morgan fingerprint density at radius 1 is 0.875 bits per heavy atom. The molecule has 0 spiro atoms. The molecule has 3 aromatic rings. The fourth-order valence-corrected chi connectivity index (χ4v) is 4.33. The van der Waals surface area contributed by atoms with Crippen molar-refractivity contribution in [1.29, 1.82) is 0 Å². The molecule has 2 N–H and O–H groups in total. The Morgan fingerprint density at radius 3 is 2.25 bits per heavy atom. The van der Waals surface area contributed by atoms with Crippen LogP contribution in [0.25, 0.3) is 0 Å². The molecule has 32 heavy (non-hydrogen) atoms. The molecule has 4 rings (SSSR count). The molecule has 1 amide bonds. The second-order valence-corrected chi connectivity index (χ2v) is 9.20. The number of fused-ring (bicyclic) bond motifs is 1. The lowest BCUT2D eigenvalue weighted by atomic mass is 10.1. The zero-order chi connectivity index (χ0) is 22.6. The summed E-state index contributed by atoms with van der Waals surface area (Å²) in [5.74, 6) is 1.14. The van der Waals surface area contributed by atoms with Gasteiger partial charge in [-0.25, -0.2) is 8.42 Å². The van der Waals surface area contributed by atoms with E-state index in [9.17, 15) is 13.2 Å². The van der Waals surface area contributed by atoms with E-state index in [1.807, 2.05) is 19.1 Å². The number of anilines is 2. The van der Waals surface area contributed by atoms with E-state index in [1.165, 1.54) is 0 Å². The first-order valence-electron chi connectivity index (χ1n) is 10.3. The van der Waals surface area contributed by atoms with Crippen molar-refractivity contribution < 1.29 is 22.7 Å². The summed E-state index contributed by atoms with van der Waals surface area (Å²) in [6.45, 7) is 2.94. The van der Waals surface area contributed by atoms with Crippen molar-refractivity contribution in [3.8, 4) is 11.5 Å². The minimum Gasteiger partial charge on any atom is -0.486 e. The van der Waals surface area contributed by atoms with Crippen LogP contribution in [-0.4, -0.2) is 27.5 Å². The number of sulfonamides is 1. The quantitative estimate of drug-likeness (QED) is 0.562. The molecule has 0 aromatic heterocycles. The number of aryl methyl sites for hydroxylation is 2. The smallest absolute Gasteiger partial charge is 0.261 e. The highest BCUT2D eigenvalue weighted by Crippen LogP contribution is 2.32. The SMILES string of the molecule is Cc1ccc(NS(=O)(=O)c2ccc(CCC(=O)Nc3ccc4c(c3)OCCO4)cc2)cc1. The summed E-state index contributed by atoms with van der Waals surface area (Å²) in [5.41, 5.74) is 3.07. The van der Waals surface area contributed by atoms with E-state index in [0.29, 0.717) is 42.5 Å². The number of hydrogen-bond acceptors (Lipinski definition) is 5. The molecule has 0 atom stereocenters. The van der Waals surface area contributed by atoms with Gasteiger partial charge in [0.05, 0.1) is 4.90 Å². The van der Waals surface area contributed by atoms with E-state index in [-0.39, 0.29) is 17.2 Å². The zero-order valence-electron chi connectivity index (χ0n) is 17.6. The maximum atomic E-state index is 12.6. The monoisotopic (exact) mass is 452 g/mol. The normalized spacial score (nSPS) is 12.8. The number of carbonyl (C=O) groups is 1. The summed E-state index contributed by atoms with van der Waals surface area (Å²) in [6, 6.07) is 19.0. The van der Waals surface area contributed by atoms with Gasteiger partial charge in [0.25, 0.3) is 10.0 Å². The minimum absolute atomic E-state index is 0.139. The van der Waals surface area contributed by atoms with Crippen LogP contribution in [0.3, 0.4) is 0 Å². The zero-order valence-corrected chi connectivity index (χ0v) is 18.4. The maximum absolute atomic E-state index is 12.6. The van der Waals surface area contributed by atoms with E-state index >= 15 is 0 Å². The van der Waals surface area contributed by atoms with E-state index < -0.39 is 10.0 Å². The predicted molar refractivity (Wildman–Crippen MR) is 123 cm³/mol. The molecule has 0 saturated heterocycles. The standard InChI is InChI=1S/C24H24N2O5S/c1-17-2-7-19(8-3-17)26-32(28,29)21-10-4-18(5-11-21)6-13-24(27)25-20-9-12-22-23(16-20)31-15-14-30-22/h2-5,7-12,16,26H,6,13-15H2,1H3,(H,25,27). The highest BCUT2D eigenvalue weighted by Gasteiger charge is 2.15. The van der Waals surface area contributed by atoms with Crippen molar-refractivity contribution >= 4 is 27.3 Å².